The lowest BCUT2D eigenvalue weighted by atomic mass is 9.92. The van der Waals surface area contributed by atoms with Crippen LogP contribution in [0, 0.1) is 0 Å². The zero-order valence-corrected chi connectivity index (χ0v) is 12.7. The summed E-state index contributed by atoms with van der Waals surface area (Å²) in [5, 5.41) is 0. The second-order valence-corrected chi connectivity index (χ2v) is 5.73. The maximum Gasteiger partial charge on any atom is 0.0314 e. The summed E-state index contributed by atoms with van der Waals surface area (Å²) in [7, 11) is 0. The highest BCUT2D eigenvalue weighted by Crippen LogP contribution is 2.35. The van der Waals surface area contributed by atoms with E-state index in [1.54, 1.807) is 0 Å². The minimum atomic E-state index is 0.787. The van der Waals surface area contributed by atoms with Crippen LogP contribution in [0.15, 0.2) is 72.8 Å². The highest BCUT2D eigenvalue weighted by molar-refractivity contribution is 5.99. The molecule has 0 atom stereocenters. The van der Waals surface area contributed by atoms with Crippen LogP contribution in [-0.2, 0) is 0 Å². The van der Waals surface area contributed by atoms with Crippen LogP contribution in [0.4, 0.5) is 5.69 Å². The van der Waals surface area contributed by atoms with Gasteiger partial charge in [0.15, 0.2) is 0 Å². The fourth-order valence-electron chi connectivity index (χ4n) is 3.01. The Balaban J connectivity index is 1.97. The van der Waals surface area contributed by atoms with Gasteiger partial charge in [-0.25, -0.2) is 0 Å². The molecule has 1 nitrogen and oxygen atoms in total. The van der Waals surface area contributed by atoms with E-state index in [1.165, 1.54) is 27.8 Å². The minimum Gasteiger partial charge on any atom is -0.399 e. The standard InChI is InChI=1S/C22H17N/c23-19-13-9-16(10-14-19)15-22-20-7-3-1-5-17(20)11-12-18-6-2-4-8-21(18)22/h1-15H,23H2. The van der Waals surface area contributed by atoms with Crippen molar-refractivity contribution in [3.05, 3.63) is 101 Å². The van der Waals surface area contributed by atoms with Gasteiger partial charge in [-0.1, -0.05) is 72.8 Å². The quantitative estimate of drug-likeness (QED) is 0.471. The van der Waals surface area contributed by atoms with Crippen molar-refractivity contribution in [2.24, 2.45) is 0 Å². The molecule has 0 spiro atoms. The van der Waals surface area contributed by atoms with E-state index in [-0.39, 0.29) is 0 Å². The summed E-state index contributed by atoms with van der Waals surface area (Å²) in [6, 6.07) is 25.1. The van der Waals surface area contributed by atoms with Crippen LogP contribution < -0.4 is 5.73 Å². The van der Waals surface area contributed by atoms with E-state index in [0.29, 0.717) is 0 Å². The van der Waals surface area contributed by atoms with E-state index in [4.69, 9.17) is 5.73 Å². The summed E-state index contributed by atoms with van der Waals surface area (Å²) in [6.07, 6.45) is 6.63. The zero-order valence-electron chi connectivity index (χ0n) is 12.7. The highest BCUT2D eigenvalue weighted by Gasteiger charge is 2.14. The van der Waals surface area contributed by atoms with Gasteiger partial charge in [0.05, 0.1) is 0 Å². The third kappa shape index (κ3) is 2.58. The first kappa shape index (κ1) is 13.6. The molecule has 4 rings (SSSR count). The van der Waals surface area contributed by atoms with Gasteiger partial charge < -0.3 is 5.73 Å². The van der Waals surface area contributed by atoms with Crippen molar-refractivity contribution in [1.29, 1.82) is 0 Å². The molecule has 0 saturated heterocycles. The Bertz CT molecular complexity index is 863. The van der Waals surface area contributed by atoms with Crippen molar-refractivity contribution in [3.8, 4) is 0 Å². The normalized spacial score (nSPS) is 12.3. The van der Waals surface area contributed by atoms with Crippen LogP contribution in [-0.4, -0.2) is 0 Å². The maximum absolute atomic E-state index is 5.81. The second kappa shape index (κ2) is 5.62. The van der Waals surface area contributed by atoms with Gasteiger partial charge >= 0.3 is 0 Å². The van der Waals surface area contributed by atoms with Crippen LogP contribution in [0.5, 0.6) is 0 Å². The number of nitrogen functional groups attached to an aromatic ring is 1. The molecule has 0 amide bonds. The van der Waals surface area contributed by atoms with E-state index in [1.807, 2.05) is 12.1 Å². The molecule has 0 unspecified atom stereocenters. The lowest BCUT2D eigenvalue weighted by Gasteiger charge is -2.12. The van der Waals surface area contributed by atoms with Crippen LogP contribution in [0.1, 0.15) is 27.8 Å². The van der Waals surface area contributed by atoms with Gasteiger partial charge in [0.2, 0.25) is 0 Å². The molecule has 0 radical (unpaired) electrons. The zero-order chi connectivity index (χ0) is 15.6. The predicted octanol–water partition coefficient (Wildman–Crippen LogP) is 5.34. The van der Waals surface area contributed by atoms with Gasteiger partial charge in [-0.3, -0.25) is 0 Å². The van der Waals surface area contributed by atoms with Gasteiger partial charge in [-0.2, -0.15) is 0 Å². The number of hydrogen-bond acceptors (Lipinski definition) is 1. The monoisotopic (exact) mass is 295 g/mol. The molecule has 0 aromatic heterocycles. The number of benzene rings is 3. The third-order valence-electron chi connectivity index (χ3n) is 4.19. The van der Waals surface area contributed by atoms with Crippen LogP contribution >= 0.6 is 0 Å². The average Bonchev–Trinajstić information content (AvgIpc) is 2.75. The second-order valence-electron chi connectivity index (χ2n) is 5.73. The fourth-order valence-corrected chi connectivity index (χ4v) is 3.01. The summed E-state index contributed by atoms with van der Waals surface area (Å²) in [5.41, 5.74) is 14.0. The van der Waals surface area contributed by atoms with Gasteiger partial charge in [0, 0.05) is 5.69 Å². The molecule has 110 valence electrons. The Morgan fingerprint density at radius 1 is 0.609 bits per heavy atom. The smallest absolute Gasteiger partial charge is 0.0314 e. The predicted molar refractivity (Wildman–Crippen MR) is 99.6 cm³/mol. The molecular weight excluding hydrogens is 278 g/mol. The fraction of sp³-hybridized carbons (Fsp3) is 0. The lowest BCUT2D eigenvalue weighted by Crippen LogP contribution is -1.92. The summed E-state index contributed by atoms with van der Waals surface area (Å²) in [5.74, 6) is 0. The van der Waals surface area contributed by atoms with E-state index in [9.17, 15) is 0 Å². The summed E-state index contributed by atoms with van der Waals surface area (Å²) < 4.78 is 0. The van der Waals surface area contributed by atoms with Crippen molar-refractivity contribution in [1.82, 2.24) is 0 Å². The van der Waals surface area contributed by atoms with E-state index in [2.05, 4.69) is 78.9 Å². The van der Waals surface area contributed by atoms with Crippen molar-refractivity contribution < 1.29 is 0 Å². The van der Waals surface area contributed by atoms with Gasteiger partial charge in [-0.05, 0) is 51.6 Å². The molecule has 0 heterocycles. The van der Waals surface area contributed by atoms with E-state index in [0.717, 1.165) is 11.3 Å². The molecular formula is C22H17N. The first-order valence-electron chi connectivity index (χ1n) is 7.75. The number of hydrogen-bond donors (Lipinski definition) is 1. The minimum absolute atomic E-state index is 0.787. The van der Waals surface area contributed by atoms with Crippen LogP contribution in [0.25, 0.3) is 23.8 Å². The Hall–Kier alpha value is -3.06. The van der Waals surface area contributed by atoms with Gasteiger partial charge in [0.25, 0.3) is 0 Å². The average molecular weight is 295 g/mol. The van der Waals surface area contributed by atoms with Crippen LogP contribution in [0.2, 0.25) is 0 Å². The molecule has 1 aliphatic carbocycles. The largest absolute Gasteiger partial charge is 0.399 e. The van der Waals surface area contributed by atoms with E-state index >= 15 is 0 Å². The Morgan fingerprint density at radius 2 is 1.13 bits per heavy atom. The van der Waals surface area contributed by atoms with Crippen LogP contribution in [0.3, 0.4) is 0 Å². The Kier molecular flexibility index (Phi) is 3.32. The number of rotatable bonds is 1. The molecule has 0 aliphatic heterocycles. The molecule has 3 aromatic rings. The van der Waals surface area contributed by atoms with Gasteiger partial charge in [0.1, 0.15) is 0 Å². The summed E-state index contributed by atoms with van der Waals surface area (Å²) in [4.78, 5) is 0. The molecule has 1 aliphatic rings. The molecule has 0 bridgehead atoms. The van der Waals surface area contributed by atoms with Gasteiger partial charge in [-0.15, -0.1) is 0 Å². The van der Waals surface area contributed by atoms with Crippen molar-refractivity contribution >= 4 is 29.5 Å². The molecule has 2 N–H and O–H groups in total. The molecule has 23 heavy (non-hydrogen) atoms. The maximum atomic E-state index is 5.81. The molecule has 0 fully saturated rings. The van der Waals surface area contributed by atoms with Crippen molar-refractivity contribution in [3.63, 3.8) is 0 Å². The number of nitrogens with two attached hydrogens (primary N) is 1. The first-order chi connectivity index (χ1) is 11.3. The SMILES string of the molecule is Nc1ccc(C=C2c3ccccc3C=Cc3ccccc32)cc1. The Labute approximate surface area is 136 Å². The van der Waals surface area contributed by atoms with Crippen molar-refractivity contribution in [2.45, 2.75) is 0 Å². The topological polar surface area (TPSA) is 26.0 Å². The number of fused-ring (bicyclic) bond motifs is 2. The molecule has 1 heteroatoms. The lowest BCUT2D eigenvalue weighted by molar-refractivity contribution is 1.53. The summed E-state index contributed by atoms with van der Waals surface area (Å²) in [6.45, 7) is 0. The first-order valence-corrected chi connectivity index (χ1v) is 7.75. The summed E-state index contributed by atoms with van der Waals surface area (Å²) >= 11 is 0. The van der Waals surface area contributed by atoms with Crippen molar-refractivity contribution in [2.75, 3.05) is 5.73 Å². The molecule has 0 saturated carbocycles. The molecule has 3 aromatic carbocycles. The van der Waals surface area contributed by atoms with E-state index < -0.39 is 0 Å². The number of anilines is 1. The third-order valence-corrected chi connectivity index (χ3v) is 4.19. The Morgan fingerprint density at radius 3 is 1.70 bits per heavy atom. The highest BCUT2D eigenvalue weighted by atomic mass is 14.5.